The van der Waals surface area contributed by atoms with Crippen molar-refractivity contribution in [2.24, 2.45) is 28.1 Å². The summed E-state index contributed by atoms with van der Waals surface area (Å²) in [5, 5.41) is 36.9. The first kappa shape index (κ1) is 20.0. The van der Waals surface area contributed by atoms with E-state index in [4.69, 9.17) is 13.9 Å². The van der Waals surface area contributed by atoms with Crippen LogP contribution in [0.4, 0.5) is 0 Å². The van der Waals surface area contributed by atoms with Crippen LogP contribution in [-0.2, 0) is 14.3 Å². The lowest BCUT2D eigenvalue weighted by molar-refractivity contribution is -0.489. The van der Waals surface area contributed by atoms with Crippen molar-refractivity contribution < 1.29 is 34.0 Å². The minimum absolute atomic E-state index is 0.0467. The van der Waals surface area contributed by atoms with E-state index in [9.17, 15) is 20.1 Å². The number of esters is 1. The van der Waals surface area contributed by atoms with Gasteiger partial charge >= 0.3 is 5.97 Å². The number of fused-ring (bicyclic) bond motifs is 2. The predicted octanol–water partition coefficient (Wildman–Crippen LogP) is 2.48. The molecule has 2 spiro atoms. The Morgan fingerprint density at radius 3 is 2.62 bits per heavy atom. The highest BCUT2D eigenvalue weighted by Gasteiger charge is 3.04. The number of furan rings is 1. The molecule has 7 heteroatoms. The highest BCUT2D eigenvalue weighted by molar-refractivity contribution is 5.75. The molecule has 32 heavy (non-hydrogen) atoms. The van der Waals surface area contributed by atoms with Gasteiger partial charge in [0.25, 0.3) is 0 Å². The van der Waals surface area contributed by atoms with Gasteiger partial charge in [0.2, 0.25) is 0 Å². The Hall–Kier alpha value is -1.41. The number of carbonyl (C=O) groups excluding carboxylic acids is 1. The molecule has 7 nitrogen and oxygen atoms in total. The Morgan fingerprint density at radius 1 is 1.22 bits per heavy atom. The second kappa shape index (κ2) is 4.99. The van der Waals surface area contributed by atoms with Crippen LogP contribution < -0.4 is 0 Å². The lowest BCUT2D eigenvalue weighted by atomic mass is 9.43. The van der Waals surface area contributed by atoms with Gasteiger partial charge in [0.1, 0.15) is 22.9 Å². The molecule has 6 aliphatic rings. The standard InChI is InChI=1S/C25H32O7/c1-5-14-19(2)12-22(28)21(14,4)15-6-8-20(3)17(13-7-9-30-11-13)31-16(26)10-23(20)24(15,29)25(22,32-23)18(19)27/h7,9,11,14-15,17-18,27-29H,5-6,8,10,12H2,1-4H3. The van der Waals surface area contributed by atoms with Gasteiger partial charge < -0.3 is 29.2 Å². The average molecular weight is 445 g/mol. The molecular formula is C25H32O7. The number of hydrogen-bond acceptors (Lipinski definition) is 7. The van der Waals surface area contributed by atoms with Crippen molar-refractivity contribution in [3.05, 3.63) is 24.2 Å². The number of cyclic esters (lactones) is 1. The van der Waals surface area contributed by atoms with Gasteiger partial charge in [-0.2, -0.15) is 0 Å². The topological polar surface area (TPSA) is 109 Å². The monoisotopic (exact) mass is 444 g/mol. The highest BCUT2D eigenvalue weighted by Crippen LogP contribution is 2.91. The van der Waals surface area contributed by atoms with Crippen molar-refractivity contribution in [2.45, 2.75) is 94.4 Å². The molecule has 11 unspecified atom stereocenters. The Bertz CT molecular complexity index is 1050. The van der Waals surface area contributed by atoms with Crippen LogP contribution in [0.2, 0.25) is 0 Å². The lowest BCUT2D eigenvalue weighted by Crippen LogP contribution is -2.93. The predicted molar refractivity (Wildman–Crippen MR) is 110 cm³/mol. The first-order valence-corrected chi connectivity index (χ1v) is 12.0. The van der Waals surface area contributed by atoms with E-state index >= 15 is 0 Å². The van der Waals surface area contributed by atoms with Gasteiger partial charge in [-0.05, 0) is 31.2 Å². The normalized spacial score (nSPS) is 63.5. The summed E-state index contributed by atoms with van der Waals surface area (Å²) in [5.41, 5.74) is -6.75. The molecular weight excluding hydrogens is 412 g/mol. The van der Waals surface area contributed by atoms with Gasteiger partial charge in [-0.15, -0.1) is 0 Å². The fourth-order valence-corrected chi connectivity index (χ4v) is 10.9. The third-order valence-electron chi connectivity index (χ3n) is 11.8. The van der Waals surface area contributed by atoms with Crippen LogP contribution in [0, 0.1) is 28.1 Å². The van der Waals surface area contributed by atoms with E-state index in [1.807, 2.05) is 13.8 Å². The fourth-order valence-electron chi connectivity index (χ4n) is 10.9. The quantitative estimate of drug-likeness (QED) is 0.601. The van der Waals surface area contributed by atoms with Crippen LogP contribution in [0.15, 0.2) is 23.0 Å². The van der Waals surface area contributed by atoms with Crippen molar-refractivity contribution in [1.29, 1.82) is 0 Å². The zero-order valence-electron chi connectivity index (χ0n) is 19.1. The molecule has 3 N–H and O–H groups in total. The molecule has 1 aromatic heterocycles. The fraction of sp³-hybridized carbons (Fsp3) is 0.800. The Labute approximate surface area is 187 Å². The largest absolute Gasteiger partial charge is 0.472 e. The van der Waals surface area contributed by atoms with Crippen LogP contribution in [0.25, 0.3) is 0 Å². The van der Waals surface area contributed by atoms with Crippen molar-refractivity contribution >= 4 is 5.97 Å². The van der Waals surface area contributed by atoms with Gasteiger partial charge in [-0.3, -0.25) is 4.79 Å². The molecule has 0 radical (unpaired) electrons. The van der Waals surface area contributed by atoms with Crippen LogP contribution in [-0.4, -0.2) is 49.8 Å². The number of ether oxygens (including phenoxy) is 2. The van der Waals surface area contributed by atoms with E-state index in [0.29, 0.717) is 19.3 Å². The smallest absolute Gasteiger partial charge is 0.309 e. The van der Waals surface area contributed by atoms with Crippen LogP contribution in [0.3, 0.4) is 0 Å². The molecule has 0 amide bonds. The molecule has 11 atom stereocenters. The number of hydrogen-bond donors (Lipinski definition) is 3. The molecule has 7 rings (SSSR count). The summed E-state index contributed by atoms with van der Waals surface area (Å²) in [4.78, 5) is 13.0. The maximum absolute atomic E-state index is 13.0. The Balaban J connectivity index is 1.49. The molecule has 174 valence electrons. The zero-order valence-corrected chi connectivity index (χ0v) is 19.1. The second-order valence-corrected chi connectivity index (χ2v) is 12.2. The molecule has 6 fully saturated rings. The van der Waals surface area contributed by atoms with E-state index in [-0.39, 0.29) is 18.3 Å². The summed E-state index contributed by atoms with van der Waals surface area (Å²) in [5.74, 6) is -0.664. The van der Waals surface area contributed by atoms with Crippen LogP contribution in [0.5, 0.6) is 0 Å². The molecule has 4 saturated carbocycles. The molecule has 2 aliphatic heterocycles. The number of rotatable bonds is 2. The molecule has 4 aliphatic carbocycles. The molecule has 2 saturated heterocycles. The third-order valence-corrected chi connectivity index (χ3v) is 11.8. The van der Waals surface area contributed by atoms with Gasteiger partial charge in [-0.25, -0.2) is 0 Å². The van der Waals surface area contributed by atoms with E-state index in [0.717, 1.165) is 12.0 Å². The average Bonchev–Trinajstić information content (AvgIpc) is 3.37. The highest BCUT2D eigenvalue weighted by atomic mass is 16.6. The van der Waals surface area contributed by atoms with Gasteiger partial charge in [0.15, 0.2) is 5.60 Å². The zero-order chi connectivity index (χ0) is 22.7. The summed E-state index contributed by atoms with van der Waals surface area (Å²) in [7, 11) is 0. The maximum Gasteiger partial charge on any atom is 0.309 e. The second-order valence-electron chi connectivity index (χ2n) is 12.2. The van der Waals surface area contributed by atoms with Gasteiger partial charge in [0, 0.05) is 27.7 Å². The number of carbonyl (C=O) groups is 1. The van der Waals surface area contributed by atoms with Gasteiger partial charge in [0.05, 0.1) is 25.1 Å². The minimum atomic E-state index is -1.53. The van der Waals surface area contributed by atoms with Crippen molar-refractivity contribution in [2.75, 3.05) is 0 Å². The first-order chi connectivity index (χ1) is 14.9. The molecule has 2 bridgehead atoms. The lowest BCUT2D eigenvalue weighted by Gasteiger charge is -2.76. The summed E-state index contributed by atoms with van der Waals surface area (Å²) in [6.07, 6.45) is 3.96. The minimum Gasteiger partial charge on any atom is -0.472 e. The number of aliphatic hydroxyl groups excluding tert-OH is 1. The molecule has 3 heterocycles. The van der Waals surface area contributed by atoms with Gasteiger partial charge in [-0.1, -0.05) is 34.1 Å². The van der Waals surface area contributed by atoms with Crippen LogP contribution >= 0.6 is 0 Å². The summed E-state index contributed by atoms with van der Waals surface area (Å²) >= 11 is 0. The van der Waals surface area contributed by atoms with Crippen molar-refractivity contribution in [3.8, 4) is 0 Å². The van der Waals surface area contributed by atoms with E-state index in [2.05, 4.69) is 13.8 Å². The third kappa shape index (κ3) is 1.38. The number of aliphatic hydroxyl groups is 3. The summed E-state index contributed by atoms with van der Waals surface area (Å²) in [6.45, 7) is 8.25. The van der Waals surface area contributed by atoms with Crippen molar-refractivity contribution in [3.63, 3.8) is 0 Å². The SMILES string of the molecule is CCC1C2(C)CC3(O)C1(C)C1CCC4(C)C(c5ccoc5)OC(=O)CC45OC3(C2O)C15O. The summed E-state index contributed by atoms with van der Waals surface area (Å²) < 4.78 is 18.0. The Kier molecular flexibility index (Phi) is 3.12. The van der Waals surface area contributed by atoms with Crippen LogP contribution in [0.1, 0.15) is 71.5 Å². The van der Waals surface area contributed by atoms with Crippen molar-refractivity contribution in [1.82, 2.24) is 0 Å². The molecule has 1 aromatic rings. The molecule has 0 aromatic carbocycles. The van der Waals surface area contributed by atoms with E-state index in [1.165, 1.54) is 0 Å². The summed E-state index contributed by atoms with van der Waals surface area (Å²) in [6, 6.07) is 1.79. The first-order valence-electron chi connectivity index (χ1n) is 12.0. The van der Waals surface area contributed by atoms with E-state index in [1.54, 1.807) is 18.6 Å². The van der Waals surface area contributed by atoms with E-state index < -0.39 is 56.8 Å². The Morgan fingerprint density at radius 2 is 1.97 bits per heavy atom. The maximum atomic E-state index is 13.0.